The van der Waals surface area contributed by atoms with Crippen LogP contribution in [-0.2, 0) is 0 Å². The molecule has 0 aromatic carbocycles. The predicted octanol–water partition coefficient (Wildman–Crippen LogP) is 5.03. The van der Waals surface area contributed by atoms with E-state index in [0.29, 0.717) is 10.8 Å². The van der Waals surface area contributed by atoms with E-state index in [4.69, 9.17) is 0 Å². The van der Waals surface area contributed by atoms with Gasteiger partial charge in [-0.2, -0.15) is 0 Å². The van der Waals surface area contributed by atoms with Crippen molar-refractivity contribution in [1.82, 2.24) is 0 Å². The van der Waals surface area contributed by atoms with E-state index < -0.39 is 0 Å². The second-order valence-corrected chi connectivity index (χ2v) is 7.01. The van der Waals surface area contributed by atoms with Gasteiger partial charge in [-0.25, -0.2) is 0 Å². The Morgan fingerprint density at radius 3 is 1.71 bits per heavy atom. The molecule has 0 radical (unpaired) electrons. The van der Waals surface area contributed by atoms with Crippen LogP contribution in [0.1, 0.15) is 73.1 Å². The molecule has 0 heteroatoms. The van der Waals surface area contributed by atoms with Gasteiger partial charge >= 0.3 is 0 Å². The zero-order valence-electron chi connectivity index (χ0n) is 10.8. The van der Waals surface area contributed by atoms with Crippen LogP contribution in [0.15, 0.2) is 0 Å². The summed E-state index contributed by atoms with van der Waals surface area (Å²) in [5.41, 5.74) is 1.14. The minimum atomic E-state index is 0.529. The molecule has 0 bridgehead atoms. The lowest BCUT2D eigenvalue weighted by atomic mass is 9.70. The number of hydrogen-bond donors (Lipinski definition) is 0. The third kappa shape index (κ3) is 3.63. The van der Waals surface area contributed by atoms with Crippen LogP contribution in [0.4, 0.5) is 0 Å². The summed E-state index contributed by atoms with van der Waals surface area (Å²) in [6, 6.07) is 0. The Bertz CT molecular complexity index is 159. The summed E-state index contributed by atoms with van der Waals surface area (Å²) >= 11 is 0. The van der Waals surface area contributed by atoms with Crippen molar-refractivity contribution in [3.8, 4) is 0 Å². The van der Waals surface area contributed by atoms with Crippen LogP contribution in [0.5, 0.6) is 0 Å². The average Bonchev–Trinajstić information content (AvgIpc) is 1.95. The summed E-state index contributed by atoms with van der Waals surface area (Å²) in [5, 5.41) is 0. The van der Waals surface area contributed by atoms with Gasteiger partial charge in [0, 0.05) is 0 Å². The first-order chi connectivity index (χ1) is 6.31. The van der Waals surface area contributed by atoms with Crippen LogP contribution in [0.3, 0.4) is 0 Å². The molecule has 0 unspecified atom stereocenters. The van der Waals surface area contributed by atoms with Crippen LogP contribution < -0.4 is 0 Å². The Labute approximate surface area is 90.5 Å². The monoisotopic (exact) mass is 196 g/mol. The maximum atomic E-state index is 2.43. The molecule has 0 saturated heterocycles. The Hall–Kier alpha value is 0. The van der Waals surface area contributed by atoms with E-state index in [1.54, 1.807) is 0 Å². The molecule has 0 aromatic rings. The lowest BCUT2D eigenvalue weighted by Crippen LogP contribution is -2.24. The second-order valence-electron chi connectivity index (χ2n) is 7.01. The molecule has 1 fully saturated rings. The average molecular weight is 196 g/mol. The van der Waals surface area contributed by atoms with Gasteiger partial charge < -0.3 is 0 Å². The number of rotatable bonds is 0. The molecule has 0 aliphatic heterocycles. The van der Waals surface area contributed by atoms with Crippen LogP contribution >= 0.6 is 0 Å². The highest BCUT2D eigenvalue weighted by atomic mass is 14.3. The Morgan fingerprint density at radius 2 is 1.36 bits per heavy atom. The van der Waals surface area contributed by atoms with E-state index in [1.165, 1.54) is 38.5 Å². The van der Waals surface area contributed by atoms with Crippen LogP contribution in [-0.4, -0.2) is 0 Å². The molecule has 1 aliphatic rings. The van der Waals surface area contributed by atoms with Crippen molar-refractivity contribution >= 4 is 0 Å². The van der Waals surface area contributed by atoms with Crippen molar-refractivity contribution in [2.45, 2.75) is 73.1 Å². The fourth-order valence-electron chi connectivity index (χ4n) is 2.79. The van der Waals surface area contributed by atoms with Gasteiger partial charge in [0.2, 0.25) is 0 Å². The van der Waals surface area contributed by atoms with E-state index in [9.17, 15) is 0 Å². The molecule has 0 amide bonds. The molecule has 0 heterocycles. The largest absolute Gasteiger partial charge is 0.0599 e. The zero-order valence-corrected chi connectivity index (χ0v) is 10.8. The molecule has 0 N–H and O–H groups in total. The van der Waals surface area contributed by atoms with Crippen molar-refractivity contribution < 1.29 is 0 Å². The fourth-order valence-corrected chi connectivity index (χ4v) is 2.79. The van der Waals surface area contributed by atoms with Gasteiger partial charge in [0.15, 0.2) is 0 Å². The van der Waals surface area contributed by atoms with Crippen molar-refractivity contribution in [3.63, 3.8) is 0 Å². The molecule has 14 heavy (non-hydrogen) atoms. The van der Waals surface area contributed by atoms with Crippen molar-refractivity contribution in [1.29, 1.82) is 0 Å². The van der Waals surface area contributed by atoms with Crippen LogP contribution in [0.25, 0.3) is 0 Å². The molecule has 1 rings (SSSR count). The smallest absolute Gasteiger partial charge is 0.0354 e. The summed E-state index contributed by atoms with van der Waals surface area (Å²) in [5.74, 6) is 0.957. The minimum absolute atomic E-state index is 0.529. The Kier molecular flexibility index (Phi) is 3.66. The molecule has 84 valence electrons. The highest BCUT2D eigenvalue weighted by molar-refractivity contribution is 4.79. The lowest BCUT2D eigenvalue weighted by Gasteiger charge is -2.36. The highest BCUT2D eigenvalue weighted by Crippen LogP contribution is 2.40. The molecular formula is C14H28. The SMILES string of the molecule is CC1(C)CCCC(C(C)(C)C)CCC1. The number of hydrogen-bond acceptors (Lipinski definition) is 0. The molecule has 1 aliphatic carbocycles. The third-order valence-corrected chi connectivity index (χ3v) is 4.04. The quantitative estimate of drug-likeness (QED) is 0.510. The predicted molar refractivity (Wildman–Crippen MR) is 64.4 cm³/mol. The summed E-state index contributed by atoms with van der Waals surface area (Å²) in [6.45, 7) is 12.1. The van der Waals surface area contributed by atoms with E-state index in [0.717, 1.165) is 5.92 Å². The molecule has 0 atom stereocenters. The third-order valence-electron chi connectivity index (χ3n) is 4.04. The topological polar surface area (TPSA) is 0 Å². The molecule has 0 aromatic heterocycles. The van der Waals surface area contributed by atoms with Gasteiger partial charge in [-0.3, -0.25) is 0 Å². The normalized spacial score (nSPS) is 25.5. The fraction of sp³-hybridized carbons (Fsp3) is 1.00. The van der Waals surface area contributed by atoms with Gasteiger partial charge in [-0.1, -0.05) is 47.5 Å². The summed E-state index contributed by atoms with van der Waals surface area (Å²) in [7, 11) is 0. The minimum Gasteiger partial charge on any atom is -0.0599 e. The first-order valence-corrected chi connectivity index (χ1v) is 6.31. The van der Waals surface area contributed by atoms with Crippen molar-refractivity contribution in [3.05, 3.63) is 0 Å². The van der Waals surface area contributed by atoms with E-state index in [1.807, 2.05) is 0 Å². The van der Waals surface area contributed by atoms with Crippen LogP contribution in [0.2, 0.25) is 0 Å². The Balaban J connectivity index is 2.49. The molecule has 0 spiro atoms. The van der Waals surface area contributed by atoms with Crippen LogP contribution in [0, 0.1) is 16.7 Å². The zero-order chi connectivity index (χ0) is 10.8. The molecular weight excluding hydrogens is 168 g/mol. The maximum Gasteiger partial charge on any atom is -0.0354 e. The molecule has 1 saturated carbocycles. The van der Waals surface area contributed by atoms with Gasteiger partial charge in [-0.05, 0) is 42.4 Å². The van der Waals surface area contributed by atoms with E-state index >= 15 is 0 Å². The first-order valence-electron chi connectivity index (χ1n) is 6.31. The van der Waals surface area contributed by atoms with E-state index in [-0.39, 0.29) is 0 Å². The lowest BCUT2D eigenvalue weighted by molar-refractivity contribution is 0.158. The van der Waals surface area contributed by atoms with Gasteiger partial charge in [-0.15, -0.1) is 0 Å². The van der Waals surface area contributed by atoms with Gasteiger partial charge in [0.1, 0.15) is 0 Å². The first kappa shape index (κ1) is 12.1. The van der Waals surface area contributed by atoms with Gasteiger partial charge in [0.25, 0.3) is 0 Å². The standard InChI is InChI=1S/C14H28/c1-13(2,3)12-8-6-10-14(4,5)11-7-9-12/h12H,6-11H2,1-5H3. The summed E-state index contributed by atoms with van der Waals surface area (Å²) < 4.78 is 0. The molecule has 0 nitrogen and oxygen atoms in total. The summed E-state index contributed by atoms with van der Waals surface area (Å²) in [6.07, 6.45) is 8.64. The maximum absolute atomic E-state index is 2.43. The van der Waals surface area contributed by atoms with Gasteiger partial charge in [0.05, 0.1) is 0 Å². The van der Waals surface area contributed by atoms with E-state index in [2.05, 4.69) is 34.6 Å². The Morgan fingerprint density at radius 1 is 0.929 bits per heavy atom. The second kappa shape index (κ2) is 4.24. The van der Waals surface area contributed by atoms with Crippen molar-refractivity contribution in [2.75, 3.05) is 0 Å². The summed E-state index contributed by atoms with van der Waals surface area (Å²) in [4.78, 5) is 0. The van der Waals surface area contributed by atoms with Crippen molar-refractivity contribution in [2.24, 2.45) is 16.7 Å². The highest BCUT2D eigenvalue weighted by Gasteiger charge is 2.28.